The molecule has 0 saturated heterocycles. The van der Waals surface area contributed by atoms with Gasteiger partial charge in [-0.1, -0.05) is 17.7 Å². The van der Waals surface area contributed by atoms with Crippen molar-refractivity contribution in [2.24, 2.45) is 7.05 Å². The number of aryl methyl sites for hydroxylation is 1. The van der Waals surface area contributed by atoms with Crippen molar-refractivity contribution >= 4 is 28.9 Å². The van der Waals surface area contributed by atoms with Crippen molar-refractivity contribution in [2.75, 3.05) is 5.32 Å². The molecule has 0 aliphatic carbocycles. The van der Waals surface area contributed by atoms with E-state index in [4.69, 9.17) is 11.6 Å². The Bertz CT molecular complexity index is 979. The number of hydrogen-bond donors (Lipinski definition) is 1. The van der Waals surface area contributed by atoms with Crippen LogP contribution in [0, 0.1) is 15.9 Å². The molecule has 3 aromatic rings. The first kappa shape index (κ1) is 17.5. The Labute approximate surface area is 151 Å². The van der Waals surface area contributed by atoms with Crippen LogP contribution < -0.4 is 5.32 Å². The zero-order valence-corrected chi connectivity index (χ0v) is 14.1. The molecule has 0 bridgehead atoms. The average molecular weight is 379 g/mol. The smallest absolute Gasteiger partial charge is 0.318 e. The fourth-order valence-corrected chi connectivity index (χ4v) is 2.60. The lowest BCUT2D eigenvalue weighted by Crippen LogP contribution is -2.17. The van der Waals surface area contributed by atoms with Crippen LogP contribution in [0.5, 0.6) is 0 Å². The van der Waals surface area contributed by atoms with Crippen LogP contribution in [0.25, 0.3) is 0 Å². The van der Waals surface area contributed by atoms with Gasteiger partial charge in [-0.25, -0.2) is 4.39 Å². The normalized spacial score (nSPS) is 10.7. The van der Waals surface area contributed by atoms with Gasteiger partial charge in [0.05, 0.1) is 23.4 Å². The fraction of sp³-hybridized carbons (Fsp3) is 0.133. The number of nitro groups is 1. The van der Waals surface area contributed by atoms with Gasteiger partial charge < -0.3 is 5.32 Å². The summed E-state index contributed by atoms with van der Waals surface area (Å²) in [6, 6.07) is 4.35. The zero-order valence-electron chi connectivity index (χ0n) is 13.4. The summed E-state index contributed by atoms with van der Waals surface area (Å²) in [5, 5.41) is 21.5. The fourth-order valence-electron chi connectivity index (χ4n) is 2.37. The highest BCUT2D eigenvalue weighted by molar-refractivity contribution is 6.31. The van der Waals surface area contributed by atoms with Crippen LogP contribution in [0.2, 0.25) is 5.02 Å². The molecule has 134 valence electrons. The van der Waals surface area contributed by atoms with E-state index < -0.39 is 22.3 Å². The number of nitrogens with zero attached hydrogens (tertiary/aromatic N) is 5. The first-order valence-corrected chi connectivity index (χ1v) is 7.67. The molecule has 2 heterocycles. The molecule has 0 radical (unpaired) electrons. The first-order chi connectivity index (χ1) is 12.4. The molecule has 3 rings (SSSR count). The number of carbonyl (C=O) groups excluding carboxylic acids is 1. The third-order valence-corrected chi connectivity index (χ3v) is 3.96. The Morgan fingerprint density at radius 2 is 2.15 bits per heavy atom. The third kappa shape index (κ3) is 3.40. The standard InChI is InChI=1S/C15H12ClFN6O3/c1-21-14(13(6-18-21)23(25)26)15(24)20-9-5-19-22(7-9)8-10-11(16)3-2-4-12(10)17/h2-7H,8H2,1H3,(H,20,24). The molecule has 1 aromatic carbocycles. The van der Waals surface area contributed by atoms with Crippen LogP contribution in [-0.4, -0.2) is 30.4 Å². The predicted molar refractivity (Wildman–Crippen MR) is 90.6 cm³/mol. The lowest BCUT2D eigenvalue weighted by molar-refractivity contribution is -0.385. The van der Waals surface area contributed by atoms with Crippen LogP contribution in [0.3, 0.4) is 0 Å². The molecule has 0 atom stereocenters. The number of benzene rings is 1. The molecule has 26 heavy (non-hydrogen) atoms. The van der Waals surface area contributed by atoms with Crippen molar-refractivity contribution in [1.82, 2.24) is 19.6 Å². The number of amides is 1. The number of hydrogen-bond acceptors (Lipinski definition) is 5. The van der Waals surface area contributed by atoms with Crippen molar-refractivity contribution in [1.29, 1.82) is 0 Å². The average Bonchev–Trinajstić information content (AvgIpc) is 3.17. The van der Waals surface area contributed by atoms with Gasteiger partial charge in [0.15, 0.2) is 0 Å². The summed E-state index contributed by atoms with van der Waals surface area (Å²) >= 11 is 5.98. The third-order valence-electron chi connectivity index (χ3n) is 3.60. The molecular formula is C15H12ClFN6O3. The molecule has 1 N–H and O–H groups in total. The SMILES string of the molecule is Cn1ncc([N+](=O)[O-])c1C(=O)Nc1cnn(Cc2c(F)cccc2Cl)c1. The maximum atomic E-state index is 13.8. The Morgan fingerprint density at radius 3 is 2.85 bits per heavy atom. The van der Waals surface area contributed by atoms with E-state index in [0.29, 0.717) is 0 Å². The zero-order chi connectivity index (χ0) is 18.8. The van der Waals surface area contributed by atoms with E-state index in [1.165, 1.54) is 36.3 Å². The summed E-state index contributed by atoms with van der Waals surface area (Å²) in [5.74, 6) is -1.18. The molecule has 0 aliphatic heterocycles. The number of anilines is 1. The summed E-state index contributed by atoms with van der Waals surface area (Å²) in [6.45, 7) is 0.0627. The minimum Gasteiger partial charge on any atom is -0.318 e. The van der Waals surface area contributed by atoms with Crippen molar-refractivity contribution < 1.29 is 14.1 Å². The molecule has 0 aliphatic rings. The quantitative estimate of drug-likeness (QED) is 0.542. The largest absolute Gasteiger partial charge is 0.320 e. The summed E-state index contributed by atoms with van der Waals surface area (Å²) in [7, 11) is 1.42. The molecule has 11 heteroatoms. The van der Waals surface area contributed by atoms with Gasteiger partial charge in [-0.2, -0.15) is 10.2 Å². The molecule has 0 unspecified atom stereocenters. The van der Waals surface area contributed by atoms with Gasteiger partial charge in [-0.15, -0.1) is 0 Å². The van der Waals surface area contributed by atoms with E-state index in [1.807, 2.05) is 0 Å². The highest BCUT2D eigenvalue weighted by Gasteiger charge is 2.25. The molecule has 1 amide bonds. The van der Waals surface area contributed by atoms with E-state index in [0.717, 1.165) is 10.9 Å². The summed E-state index contributed by atoms with van der Waals surface area (Å²) in [6.07, 6.45) is 3.80. The van der Waals surface area contributed by atoms with E-state index in [1.54, 1.807) is 6.07 Å². The second kappa shape index (κ2) is 6.92. The number of nitrogens with one attached hydrogen (secondary N) is 1. The number of halogens is 2. The van der Waals surface area contributed by atoms with Gasteiger partial charge in [-0.05, 0) is 12.1 Å². The van der Waals surface area contributed by atoms with Gasteiger partial charge in [0.25, 0.3) is 5.91 Å². The van der Waals surface area contributed by atoms with E-state index in [-0.39, 0.29) is 28.5 Å². The highest BCUT2D eigenvalue weighted by atomic mass is 35.5. The van der Waals surface area contributed by atoms with Crippen molar-refractivity contribution in [3.8, 4) is 0 Å². The monoisotopic (exact) mass is 378 g/mol. The van der Waals surface area contributed by atoms with Crippen LogP contribution >= 0.6 is 11.6 Å². The van der Waals surface area contributed by atoms with Gasteiger partial charge in [0, 0.05) is 23.8 Å². The minimum absolute atomic E-state index is 0.0627. The molecule has 0 saturated carbocycles. The molecule has 9 nitrogen and oxygen atoms in total. The number of rotatable bonds is 5. The summed E-state index contributed by atoms with van der Waals surface area (Å²) in [5.41, 5.74) is -0.0502. The van der Waals surface area contributed by atoms with Crippen molar-refractivity contribution in [3.05, 3.63) is 69.0 Å². The Balaban J connectivity index is 1.78. The predicted octanol–water partition coefficient (Wildman–Crippen LogP) is 2.62. The van der Waals surface area contributed by atoms with Crippen LogP contribution in [-0.2, 0) is 13.6 Å². The van der Waals surface area contributed by atoms with Crippen molar-refractivity contribution in [2.45, 2.75) is 6.54 Å². The Hall–Kier alpha value is -3.27. The number of aromatic nitrogens is 4. The molecule has 0 fully saturated rings. The van der Waals surface area contributed by atoms with E-state index in [2.05, 4.69) is 15.5 Å². The van der Waals surface area contributed by atoms with Crippen LogP contribution in [0.4, 0.5) is 15.8 Å². The van der Waals surface area contributed by atoms with Crippen molar-refractivity contribution in [3.63, 3.8) is 0 Å². The van der Waals surface area contributed by atoms with Gasteiger partial charge >= 0.3 is 5.69 Å². The van der Waals surface area contributed by atoms with Crippen LogP contribution in [0.1, 0.15) is 16.1 Å². The Morgan fingerprint density at radius 1 is 1.38 bits per heavy atom. The second-order valence-corrected chi connectivity index (χ2v) is 5.75. The van der Waals surface area contributed by atoms with E-state index in [9.17, 15) is 19.3 Å². The lowest BCUT2D eigenvalue weighted by atomic mass is 10.2. The highest BCUT2D eigenvalue weighted by Crippen LogP contribution is 2.21. The summed E-state index contributed by atoms with van der Waals surface area (Å²) in [4.78, 5) is 22.6. The maximum absolute atomic E-state index is 13.8. The van der Waals surface area contributed by atoms with Gasteiger partial charge in [0.1, 0.15) is 12.0 Å². The summed E-state index contributed by atoms with van der Waals surface area (Å²) < 4.78 is 16.3. The van der Waals surface area contributed by atoms with E-state index >= 15 is 0 Å². The minimum atomic E-state index is -0.708. The Kier molecular flexibility index (Phi) is 4.67. The molecule has 0 spiro atoms. The second-order valence-electron chi connectivity index (χ2n) is 5.34. The molecule has 2 aromatic heterocycles. The maximum Gasteiger partial charge on any atom is 0.320 e. The topological polar surface area (TPSA) is 108 Å². The lowest BCUT2D eigenvalue weighted by Gasteiger charge is -2.06. The first-order valence-electron chi connectivity index (χ1n) is 7.30. The number of carbonyl (C=O) groups is 1. The molecular weight excluding hydrogens is 367 g/mol. The van der Waals surface area contributed by atoms with Gasteiger partial charge in [-0.3, -0.25) is 24.3 Å². The van der Waals surface area contributed by atoms with Gasteiger partial charge in [0.2, 0.25) is 5.69 Å². The van der Waals surface area contributed by atoms with Crippen LogP contribution in [0.15, 0.2) is 36.8 Å².